The second-order valence-electron chi connectivity index (χ2n) is 5.54. The highest BCUT2D eigenvalue weighted by Crippen LogP contribution is 2.26. The molecule has 0 radical (unpaired) electrons. The van der Waals surface area contributed by atoms with E-state index in [1.165, 1.54) is 17.8 Å². The molecule has 1 aromatic rings. The van der Waals surface area contributed by atoms with E-state index in [9.17, 15) is 14.7 Å². The van der Waals surface area contributed by atoms with Crippen molar-refractivity contribution in [2.24, 2.45) is 5.92 Å². The summed E-state index contributed by atoms with van der Waals surface area (Å²) < 4.78 is 0. The van der Waals surface area contributed by atoms with Gasteiger partial charge in [0.05, 0.1) is 0 Å². The molecule has 2 rings (SSSR count). The van der Waals surface area contributed by atoms with Gasteiger partial charge >= 0.3 is 12.0 Å². The van der Waals surface area contributed by atoms with E-state index < -0.39 is 18.0 Å². The van der Waals surface area contributed by atoms with Crippen LogP contribution in [0.1, 0.15) is 49.9 Å². The molecule has 1 aliphatic rings. The molecule has 1 fully saturated rings. The van der Waals surface area contributed by atoms with Gasteiger partial charge in [-0.05, 0) is 30.2 Å². The summed E-state index contributed by atoms with van der Waals surface area (Å²) in [6.07, 6.45) is 5.44. The van der Waals surface area contributed by atoms with Crippen LogP contribution in [0.4, 0.5) is 4.79 Å². The van der Waals surface area contributed by atoms with Gasteiger partial charge in [-0.2, -0.15) is 0 Å². The molecule has 1 saturated carbocycles. The van der Waals surface area contributed by atoms with Crippen LogP contribution < -0.4 is 10.6 Å². The smallest absolute Gasteiger partial charge is 0.331 e. The van der Waals surface area contributed by atoms with Gasteiger partial charge in [0.25, 0.3) is 0 Å². The van der Waals surface area contributed by atoms with Crippen LogP contribution in [0, 0.1) is 5.92 Å². The number of urea groups is 1. The first-order valence-electron chi connectivity index (χ1n) is 7.43. The summed E-state index contributed by atoms with van der Waals surface area (Å²) in [5.41, 5.74) is 0. The van der Waals surface area contributed by atoms with Crippen molar-refractivity contribution in [1.29, 1.82) is 0 Å². The van der Waals surface area contributed by atoms with Crippen molar-refractivity contribution in [1.82, 2.24) is 10.6 Å². The first-order chi connectivity index (χ1) is 10.1. The van der Waals surface area contributed by atoms with E-state index in [4.69, 9.17) is 0 Å². The molecular formula is C15H22N2O3S. The highest BCUT2D eigenvalue weighted by Gasteiger charge is 2.26. The summed E-state index contributed by atoms with van der Waals surface area (Å²) in [5.74, 6) is -0.376. The topological polar surface area (TPSA) is 78.4 Å². The van der Waals surface area contributed by atoms with Crippen LogP contribution in [0.15, 0.2) is 17.5 Å². The zero-order valence-electron chi connectivity index (χ0n) is 12.2. The molecule has 6 heteroatoms. The van der Waals surface area contributed by atoms with Crippen molar-refractivity contribution in [3.63, 3.8) is 0 Å². The Bertz CT molecular complexity index is 475. The molecule has 0 spiro atoms. The number of carboxylic acid groups (broad SMARTS) is 1. The monoisotopic (exact) mass is 310 g/mol. The Hall–Kier alpha value is -1.56. The molecule has 0 aliphatic heterocycles. The average molecular weight is 310 g/mol. The van der Waals surface area contributed by atoms with Gasteiger partial charge in [-0.1, -0.05) is 32.3 Å². The number of thiophene rings is 1. The van der Waals surface area contributed by atoms with Crippen molar-refractivity contribution < 1.29 is 14.7 Å². The van der Waals surface area contributed by atoms with Gasteiger partial charge in [-0.3, -0.25) is 0 Å². The molecule has 2 amide bonds. The lowest BCUT2D eigenvalue weighted by Gasteiger charge is -2.29. The fourth-order valence-electron chi connectivity index (χ4n) is 2.86. The zero-order chi connectivity index (χ0) is 15.2. The van der Waals surface area contributed by atoms with E-state index in [0.717, 1.165) is 25.7 Å². The maximum absolute atomic E-state index is 12.0. The Balaban J connectivity index is 1.89. The molecule has 0 saturated heterocycles. The van der Waals surface area contributed by atoms with E-state index in [-0.39, 0.29) is 6.04 Å². The number of carbonyl (C=O) groups excluding carboxylic acids is 1. The summed E-state index contributed by atoms with van der Waals surface area (Å²) >= 11 is 1.33. The largest absolute Gasteiger partial charge is 0.479 e. The van der Waals surface area contributed by atoms with Crippen molar-refractivity contribution in [2.75, 3.05) is 0 Å². The van der Waals surface area contributed by atoms with Crippen LogP contribution >= 0.6 is 11.3 Å². The molecule has 21 heavy (non-hydrogen) atoms. The van der Waals surface area contributed by atoms with Gasteiger partial charge in [0.2, 0.25) is 0 Å². The normalized spacial score (nSPS) is 23.3. The van der Waals surface area contributed by atoms with Crippen LogP contribution in [0.2, 0.25) is 0 Å². The highest BCUT2D eigenvalue weighted by molar-refractivity contribution is 7.10. The van der Waals surface area contributed by atoms with Crippen LogP contribution in [-0.2, 0) is 4.79 Å². The Morgan fingerprint density at radius 3 is 2.90 bits per heavy atom. The molecule has 3 atom stereocenters. The number of hydrogen-bond donors (Lipinski definition) is 3. The maximum atomic E-state index is 12.0. The number of hydrogen-bond acceptors (Lipinski definition) is 3. The number of aliphatic carboxylic acids is 1. The number of rotatable bonds is 5. The van der Waals surface area contributed by atoms with Gasteiger partial charge < -0.3 is 15.7 Å². The van der Waals surface area contributed by atoms with E-state index >= 15 is 0 Å². The lowest BCUT2D eigenvalue weighted by atomic mass is 9.84. The Morgan fingerprint density at radius 1 is 1.48 bits per heavy atom. The van der Waals surface area contributed by atoms with Gasteiger partial charge in [0.1, 0.15) is 0 Å². The molecule has 0 bridgehead atoms. The third-order valence-electron chi connectivity index (χ3n) is 4.05. The van der Waals surface area contributed by atoms with Crippen molar-refractivity contribution in [2.45, 2.75) is 51.1 Å². The minimum absolute atomic E-state index is 0.154. The second-order valence-corrected chi connectivity index (χ2v) is 6.52. The Labute approximate surface area is 128 Å². The Kier molecular flexibility index (Phi) is 5.61. The number of carbonyl (C=O) groups is 2. The van der Waals surface area contributed by atoms with Crippen molar-refractivity contribution >= 4 is 23.3 Å². The van der Waals surface area contributed by atoms with E-state index in [2.05, 4.69) is 17.6 Å². The Morgan fingerprint density at radius 2 is 2.29 bits per heavy atom. The van der Waals surface area contributed by atoms with Gasteiger partial charge in [0.15, 0.2) is 6.04 Å². The van der Waals surface area contributed by atoms with E-state index in [0.29, 0.717) is 10.8 Å². The predicted molar refractivity (Wildman–Crippen MR) is 82.4 cm³/mol. The first-order valence-corrected chi connectivity index (χ1v) is 8.31. The maximum Gasteiger partial charge on any atom is 0.331 e. The molecular weight excluding hydrogens is 288 g/mol. The number of carboxylic acids is 1. The van der Waals surface area contributed by atoms with Gasteiger partial charge in [0, 0.05) is 10.9 Å². The summed E-state index contributed by atoms with van der Waals surface area (Å²) in [4.78, 5) is 24.0. The third-order valence-corrected chi connectivity index (χ3v) is 4.98. The second kappa shape index (κ2) is 7.45. The summed E-state index contributed by atoms with van der Waals surface area (Å²) in [5, 5.41) is 16.5. The third kappa shape index (κ3) is 4.46. The first kappa shape index (κ1) is 15.8. The zero-order valence-corrected chi connectivity index (χ0v) is 13.0. The molecule has 0 aromatic carbocycles. The van der Waals surface area contributed by atoms with Crippen LogP contribution in [0.5, 0.6) is 0 Å². The predicted octanol–water partition coefficient (Wildman–Crippen LogP) is 3.14. The lowest BCUT2D eigenvalue weighted by molar-refractivity contribution is -0.139. The summed E-state index contributed by atoms with van der Waals surface area (Å²) in [7, 11) is 0. The van der Waals surface area contributed by atoms with E-state index in [1.807, 2.05) is 0 Å². The van der Waals surface area contributed by atoms with Crippen LogP contribution in [-0.4, -0.2) is 23.1 Å². The number of nitrogens with one attached hydrogen (secondary N) is 2. The van der Waals surface area contributed by atoms with E-state index in [1.54, 1.807) is 17.5 Å². The van der Waals surface area contributed by atoms with Crippen LogP contribution in [0.25, 0.3) is 0 Å². The highest BCUT2D eigenvalue weighted by atomic mass is 32.1. The SMILES string of the molecule is CCC1CCCC(NC(=O)NC(C(=O)O)c2cccs2)C1. The fraction of sp³-hybridized carbons (Fsp3) is 0.600. The summed E-state index contributed by atoms with van der Waals surface area (Å²) in [6, 6.07) is 2.29. The molecule has 3 unspecified atom stereocenters. The average Bonchev–Trinajstić information content (AvgIpc) is 2.98. The van der Waals surface area contributed by atoms with Gasteiger partial charge in [-0.15, -0.1) is 11.3 Å². The summed E-state index contributed by atoms with van der Waals surface area (Å²) in [6.45, 7) is 2.17. The molecule has 116 valence electrons. The lowest BCUT2D eigenvalue weighted by Crippen LogP contribution is -2.46. The standard InChI is InChI=1S/C15H22N2O3S/c1-2-10-5-3-6-11(9-10)16-15(20)17-13(14(18)19)12-7-4-8-21-12/h4,7-8,10-11,13H,2-3,5-6,9H2,1H3,(H,18,19)(H2,16,17,20). The molecule has 1 heterocycles. The van der Waals surface area contributed by atoms with Crippen LogP contribution in [0.3, 0.4) is 0 Å². The molecule has 5 nitrogen and oxygen atoms in total. The van der Waals surface area contributed by atoms with Crippen molar-refractivity contribution in [3.8, 4) is 0 Å². The molecule has 1 aromatic heterocycles. The molecule has 3 N–H and O–H groups in total. The fourth-order valence-corrected chi connectivity index (χ4v) is 3.63. The van der Waals surface area contributed by atoms with Crippen molar-refractivity contribution in [3.05, 3.63) is 22.4 Å². The molecule has 1 aliphatic carbocycles. The van der Waals surface area contributed by atoms with Gasteiger partial charge in [-0.25, -0.2) is 9.59 Å². The quantitative estimate of drug-likeness (QED) is 0.781. The number of amides is 2. The minimum atomic E-state index is -1.04. The minimum Gasteiger partial charge on any atom is -0.479 e.